The average molecular weight is 2320 g/mol. The number of rotatable bonds is 33. The number of nitrogens with one attached hydrogen (secondary N) is 8. The van der Waals surface area contributed by atoms with Crippen molar-refractivity contribution in [1.82, 2.24) is 39.1 Å². The number of fused-ring (bicyclic) bond motifs is 5. The second-order valence-electron chi connectivity index (χ2n) is 34.5. The molecule has 0 atom stereocenters. The molecule has 5 aromatic heterocycles. The molecule has 38 heteroatoms. The molecule has 0 radical (unpaired) electrons. The molecular formula is C111H102Cl10N8O14S6. The molecule has 776 valence electrons. The first kappa shape index (κ1) is 115. The average Bonchev–Trinajstić information content (AvgIpc) is 1.66. The number of carbonyl (C=O) groups is 5. The summed E-state index contributed by atoms with van der Waals surface area (Å²) < 4.78 is 92.4. The number of aromatic nitrogens is 5. The maximum absolute atomic E-state index is 12.9. The Bertz CT molecular complexity index is 8280. The van der Waals surface area contributed by atoms with Gasteiger partial charge in [-0.05, 0) is 308 Å². The lowest BCUT2D eigenvalue weighted by Crippen LogP contribution is -2.30. The van der Waals surface area contributed by atoms with Crippen LogP contribution < -0.4 is 18.9 Å². The van der Waals surface area contributed by atoms with Gasteiger partial charge in [0.1, 0.15) is 5.75 Å². The molecule has 0 saturated carbocycles. The quantitative estimate of drug-likeness (QED) is 0.0105. The van der Waals surface area contributed by atoms with Crippen LogP contribution in [-0.4, -0.2) is 117 Å². The second-order valence-corrected chi connectivity index (χ2v) is 46.1. The van der Waals surface area contributed by atoms with Crippen LogP contribution in [-0.2, 0) is 73.3 Å². The molecule has 0 aliphatic heterocycles. The van der Waals surface area contributed by atoms with Gasteiger partial charge in [-0.25, -0.2) is 49.0 Å². The summed E-state index contributed by atoms with van der Waals surface area (Å²) in [5, 5.41) is 23.4. The summed E-state index contributed by atoms with van der Waals surface area (Å²) in [4.78, 5) is 78.2. The van der Waals surface area contributed by atoms with Gasteiger partial charge in [-0.3, -0.25) is 14.4 Å². The number of H-pyrrole nitrogens is 5. The zero-order chi connectivity index (χ0) is 107. The van der Waals surface area contributed by atoms with Crippen LogP contribution in [0.4, 0.5) is 0 Å². The number of aryl methyl sites for hydroxylation is 3. The summed E-state index contributed by atoms with van der Waals surface area (Å²) in [6.45, 7) is 10.6. The van der Waals surface area contributed by atoms with Crippen LogP contribution in [0.1, 0.15) is 184 Å². The molecule has 0 fully saturated rings. The smallest absolute Gasteiger partial charge is 0.337 e. The summed E-state index contributed by atoms with van der Waals surface area (Å²) in [6.07, 6.45) is 16.7. The Morgan fingerprint density at radius 3 is 1.00 bits per heavy atom. The van der Waals surface area contributed by atoms with Crippen LogP contribution in [0.3, 0.4) is 0 Å². The first-order chi connectivity index (χ1) is 71.1. The number of allylic oxidation sites excluding steroid dienone is 1. The molecule has 9 N–H and O–H groups in total. The number of hydrogen-bond acceptors (Lipinski definition) is 16. The molecule has 17 aromatic rings. The van der Waals surface area contributed by atoms with Crippen molar-refractivity contribution in [2.24, 2.45) is 0 Å². The first-order valence-electron chi connectivity index (χ1n) is 46.6. The molecule has 5 heterocycles. The van der Waals surface area contributed by atoms with Crippen molar-refractivity contribution in [3.05, 3.63) is 393 Å². The maximum Gasteiger partial charge on any atom is 0.337 e. The van der Waals surface area contributed by atoms with Gasteiger partial charge < -0.3 is 39.5 Å². The Balaban J connectivity index is 0.000000157. The van der Waals surface area contributed by atoms with Crippen molar-refractivity contribution in [2.45, 2.75) is 137 Å². The van der Waals surface area contributed by atoms with Crippen molar-refractivity contribution in [2.75, 3.05) is 32.5 Å². The number of amides is 3. The number of aromatic carboxylic acids is 1. The predicted molar refractivity (Wildman–Crippen MR) is 613 cm³/mol. The Labute approximate surface area is 927 Å². The van der Waals surface area contributed by atoms with Crippen LogP contribution >= 0.6 is 151 Å². The van der Waals surface area contributed by atoms with Gasteiger partial charge in [-0.15, -0.1) is 35.3 Å². The number of benzene rings is 12. The minimum Gasteiger partial charge on any atom is -0.494 e. The molecular weight excluding hydrogens is 2220 g/mol. The molecule has 12 aromatic carbocycles. The number of halogens is 10. The summed E-state index contributed by atoms with van der Waals surface area (Å²) in [6, 6.07) is 65.4. The fourth-order valence-electron chi connectivity index (χ4n) is 16.3. The van der Waals surface area contributed by atoms with Gasteiger partial charge in [0.25, 0.3) is 47.8 Å². The van der Waals surface area contributed by atoms with Gasteiger partial charge in [-0.2, -0.15) is 0 Å². The van der Waals surface area contributed by atoms with E-state index in [9.17, 15) is 54.3 Å². The lowest BCUT2D eigenvalue weighted by molar-refractivity contribution is 0.0599. The van der Waals surface area contributed by atoms with Crippen molar-refractivity contribution < 1.29 is 63.8 Å². The monoisotopic (exact) mass is 2310 g/mol. The number of unbranched alkanes of at least 4 members (excludes halogenated alkanes) is 3. The normalized spacial score (nSPS) is 11.5. The van der Waals surface area contributed by atoms with Crippen molar-refractivity contribution in [3.8, 4) is 5.75 Å². The highest BCUT2D eigenvalue weighted by molar-refractivity contribution is 7.99. The third-order valence-electron chi connectivity index (χ3n) is 24.2. The lowest BCUT2D eigenvalue weighted by atomic mass is 10.0. The number of carboxylic acids is 1. The maximum atomic E-state index is 12.9. The van der Waals surface area contributed by atoms with Crippen molar-refractivity contribution in [1.29, 1.82) is 0 Å². The number of ether oxygens (including phenoxy) is 2. The molecule has 3 amide bonds. The van der Waals surface area contributed by atoms with E-state index in [2.05, 4.69) is 52.9 Å². The standard InChI is InChI=1S/C27H26Cl2N2O4S.C27H26Cl2N2O3S.C22H22Cl2N2O3S2.C18H15Cl2NO2S.C17H13Cl2NO2S/c1-3-4-13-35-21-8-10-22(11-9-21)36(33,34)31-27(32)19-6-12-26-24(15-19)23(17(2)30-26)14-18-5-7-20(28)16-25(18)29;1-3-4-5-18-6-11-22(12-7-18)35(33,34)31-27(32)20-9-13-26-24(15-20)23(17(2)30-26)14-19-8-10-21(28)16-25(19)29;1-3-4-5-10-31(28,29)26-21(27)15-7-9-20-17(12-15)18(22(25-20)30-2)11-14-6-8-16(23)13-19(14)24;1-23-18(22)11-4-6-16-13(8-11)14(17(21-16)24-2)7-10-3-5-12(19)9-15(10)20;1-23-16-13(6-9-2-4-11(18)8-14(9)19)12-7-10(17(21)22)3-5-15(12)20-16/h5-12,15-16,30H,3-4,13-14H2,1-2H3,(H,31,32);6-13,15-16,30H,3-5,14H2,1-2H3,(H,31,32);5-10,12-13,25H,3-4,11H2,1-2H3,(H,26,27);3-6,8-9,21H,7H2,1-2H3;2-5,7-8,20H,6H2,1H3,(H,21,22)/b;;10-5+;;. The molecule has 22 nitrogen and oxygen atoms in total. The Morgan fingerprint density at radius 2 is 0.671 bits per heavy atom. The molecule has 0 bridgehead atoms. The number of hydrogen-bond donors (Lipinski definition) is 9. The number of esters is 1. The Kier molecular flexibility index (Phi) is 40.5. The molecule has 17 rings (SSSR count). The van der Waals surface area contributed by atoms with E-state index >= 15 is 0 Å². The Hall–Kier alpha value is -11.0. The topological polar surface area (TPSA) is 342 Å². The number of sulfonamides is 3. The van der Waals surface area contributed by atoms with E-state index in [1.165, 1.54) is 37.5 Å². The number of aromatic amines is 5. The highest BCUT2D eigenvalue weighted by atomic mass is 35.5. The van der Waals surface area contributed by atoms with Crippen LogP contribution in [0.15, 0.2) is 267 Å². The van der Waals surface area contributed by atoms with Gasteiger partial charge in [0.05, 0.1) is 49.7 Å². The third-order valence-corrected chi connectivity index (χ3v) is 33.1. The van der Waals surface area contributed by atoms with Crippen LogP contribution in [0.2, 0.25) is 50.2 Å². The fraction of sp³-hybridized carbons (Fsp3) is 0.198. The summed E-state index contributed by atoms with van der Waals surface area (Å²) in [5.41, 5.74) is 18.6. The van der Waals surface area contributed by atoms with Crippen molar-refractivity contribution in [3.63, 3.8) is 0 Å². The van der Waals surface area contributed by atoms with E-state index in [0.717, 1.165) is 186 Å². The zero-order valence-corrected chi connectivity index (χ0v) is 94.2. The third kappa shape index (κ3) is 29.9. The van der Waals surface area contributed by atoms with Gasteiger partial charge in [0.15, 0.2) is 0 Å². The van der Waals surface area contributed by atoms with E-state index in [1.54, 1.807) is 193 Å². The number of thioether (sulfide) groups is 3. The van der Waals surface area contributed by atoms with Gasteiger partial charge in [0, 0.05) is 170 Å². The molecule has 0 aliphatic rings. The summed E-state index contributed by atoms with van der Waals surface area (Å²) >= 11 is 66.5. The minimum atomic E-state index is -4.06. The second kappa shape index (κ2) is 52.4. The molecule has 0 spiro atoms. The van der Waals surface area contributed by atoms with Crippen LogP contribution in [0, 0.1) is 13.8 Å². The number of carbonyl (C=O) groups excluding carboxylic acids is 4. The fourth-order valence-corrected chi connectivity index (χ4v) is 23.4. The van der Waals surface area contributed by atoms with Crippen LogP contribution in [0.25, 0.3) is 54.5 Å². The largest absolute Gasteiger partial charge is 0.494 e. The summed E-state index contributed by atoms with van der Waals surface area (Å²) in [5.74, 6) is -2.78. The van der Waals surface area contributed by atoms with E-state index in [-0.39, 0.29) is 38.0 Å². The Morgan fingerprint density at radius 1 is 0.362 bits per heavy atom. The van der Waals surface area contributed by atoms with Gasteiger partial charge in [0.2, 0.25) is 0 Å². The lowest BCUT2D eigenvalue weighted by Gasteiger charge is -2.09. The minimum absolute atomic E-state index is 0.0182. The molecule has 149 heavy (non-hydrogen) atoms. The predicted octanol–water partition coefficient (Wildman–Crippen LogP) is 30.7. The number of methoxy groups -OCH3 is 1. The first-order valence-corrected chi connectivity index (χ1v) is 58.6. The highest BCUT2D eigenvalue weighted by Gasteiger charge is 2.27. The van der Waals surface area contributed by atoms with Crippen LogP contribution in [0.5, 0.6) is 5.75 Å². The SMILES string of the molecule is CCC/C=C/S(=O)(=O)NC(=O)c1ccc2[nH]c(SC)c(Cc3ccc(Cl)cc3Cl)c2c1.CCCCOc1ccc(S(=O)(=O)NC(=O)c2ccc3[nH]c(C)c(Cc4ccc(Cl)cc4Cl)c3c2)cc1.CCCCc1ccc(S(=O)(=O)NC(=O)c2ccc3[nH]c(C)c(Cc4ccc(Cl)cc4Cl)c3c2)cc1.COC(=O)c1ccc2[nH]c(SC)c(Cc3ccc(Cl)cc3Cl)c2c1.CSc1[nH]c2ccc(C(=O)O)cc2c1Cc1ccc(Cl)cc1Cl. The van der Waals surface area contributed by atoms with E-state index in [4.69, 9.17) is 125 Å². The van der Waals surface area contributed by atoms with Crippen molar-refractivity contribution >= 4 is 266 Å². The van der Waals surface area contributed by atoms with Gasteiger partial charge in [-0.1, -0.05) is 205 Å². The van der Waals surface area contributed by atoms with Gasteiger partial charge >= 0.3 is 11.9 Å². The zero-order valence-electron chi connectivity index (χ0n) is 81.8. The van der Waals surface area contributed by atoms with E-state index < -0.39 is 53.8 Å². The highest BCUT2D eigenvalue weighted by Crippen LogP contribution is 2.40. The molecule has 0 saturated heterocycles. The number of carboxylic acid groups (broad SMARTS) is 1. The van der Waals surface area contributed by atoms with E-state index in [0.29, 0.717) is 107 Å². The molecule has 0 aliphatic carbocycles. The van der Waals surface area contributed by atoms with E-state index in [1.807, 2.05) is 88.1 Å². The molecule has 0 unspecified atom stereocenters. The summed E-state index contributed by atoms with van der Waals surface area (Å²) in [7, 11) is -10.5.